The van der Waals surface area contributed by atoms with Crippen LogP contribution in [0.4, 0.5) is 0 Å². The quantitative estimate of drug-likeness (QED) is 0.715. The summed E-state index contributed by atoms with van der Waals surface area (Å²) < 4.78 is 5.78. The first-order chi connectivity index (χ1) is 11.0. The summed E-state index contributed by atoms with van der Waals surface area (Å²) in [5, 5.41) is 30.8. The van der Waals surface area contributed by atoms with Crippen molar-refractivity contribution in [3.63, 3.8) is 0 Å². The van der Waals surface area contributed by atoms with Gasteiger partial charge < -0.3 is 20.1 Å². The summed E-state index contributed by atoms with van der Waals surface area (Å²) in [5.41, 5.74) is 0.146. The standard InChI is InChI=1S/C19H22O4/c1-2-3-4-5-10-19(22)15-8-6-13(20)11-17(15)23-18-12-14(21)7-9-16(18)19/h6-9,11-12,20-22H,2-5,10H2,1H3. The van der Waals surface area contributed by atoms with Crippen molar-refractivity contribution < 1.29 is 20.1 Å². The third-order valence-corrected chi connectivity index (χ3v) is 4.43. The molecule has 3 N–H and O–H groups in total. The van der Waals surface area contributed by atoms with Gasteiger partial charge in [0.05, 0.1) is 0 Å². The second-order valence-corrected chi connectivity index (χ2v) is 6.13. The third kappa shape index (κ3) is 2.86. The van der Waals surface area contributed by atoms with Crippen LogP contribution in [0.25, 0.3) is 0 Å². The number of aromatic hydroxyl groups is 2. The molecule has 0 fully saturated rings. The van der Waals surface area contributed by atoms with Crippen molar-refractivity contribution in [3.05, 3.63) is 47.5 Å². The van der Waals surface area contributed by atoms with Crippen LogP contribution >= 0.6 is 0 Å². The monoisotopic (exact) mass is 314 g/mol. The zero-order chi connectivity index (χ0) is 16.4. The van der Waals surface area contributed by atoms with Gasteiger partial charge in [0.2, 0.25) is 0 Å². The fraction of sp³-hybridized carbons (Fsp3) is 0.368. The average molecular weight is 314 g/mol. The lowest BCUT2D eigenvalue weighted by atomic mass is 9.79. The summed E-state index contributed by atoms with van der Waals surface area (Å²) in [4.78, 5) is 0. The summed E-state index contributed by atoms with van der Waals surface area (Å²) in [5.74, 6) is 1.03. The first-order valence-corrected chi connectivity index (χ1v) is 8.12. The van der Waals surface area contributed by atoms with E-state index in [-0.39, 0.29) is 11.5 Å². The number of hydrogen-bond donors (Lipinski definition) is 3. The maximum Gasteiger partial charge on any atom is 0.137 e. The highest BCUT2D eigenvalue weighted by atomic mass is 16.5. The Hall–Kier alpha value is -2.20. The average Bonchev–Trinajstić information content (AvgIpc) is 2.51. The third-order valence-electron chi connectivity index (χ3n) is 4.43. The number of benzene rings is 2. The van der Waals surface area contributed by atoms with Gasteiger partial charge in [0, 0.05) is 23.3 Å². The van der Waals surface area contributed by atoms with Crippen LogP contribution in [0.2, 0.25) is 0 Å². The van der Waals surface area contributed by atoms with Gasteiger partial charge in [0.25, 0.3) is 0 Å². The summed E-state index contributed by atoms with van der Waals surface area (Å²) in [6.07, 6.45) is 4.80. The molecule has 4 nitrogen and oxygen atoms in total. The van der Waals surface area contributed by atoms with E-state index in [2.05, 4.69) is 6.92 Å². The molecule has 2 aromatic rings. The van der Waals surface area contributed by atoms with E-state index in [1.807, 2.05) is 0 Å². The molecule has 0 saturated carbocycles. The van der Waals surface area contributed by atoms with E-state index in [1.54, 1.807) is 24.3 Å². The van der Waals surface area contributed by atoms with Crippen LogP contribution in [0.1, 0.15) is 50.2 Å². The van der Waals surface area contributed by atoms with E-state index < -0.39 is 5.60 Å². The maximum atomic E-state index is 11.4. The Morgan fingerprint density at radius 3 is 1.96 bits per heavy atom. The summed E-state index contributed by atoms with van der Waals surface area (Å²) in [6.45, 7) is 2.15. The van der Waals surface area contributed by atoms with Gasteiger partial charge in [-0.3, -0.25) is 0 Å². The van der Waals surface area contributed by atoms with Crippen molar-refractivity contribution in [3.8, 4) is 23.0 Å². The van der Waals surface area contributed by atoms with Crippen LogP contribution in [0.15, 0.2) is 36.4 Å². The molecule has 0 atom stereocenters. The predicted molar refractivity (Wildman–Crippen MR) is 88.0 cm³/mol. The number of aliphatic hydroxyl groups is 1. The van der Waals surface area contributed by atoms with Gasteiger partial charge in [-0.1, -0.05) is 26.2 Å². The molecule has 0 spiro atoms. The van der Waals surface area contributed by atoms with Gasteiger partial charge in [-0.05, 0) is 37.1 Å². The molecule has 0 aromatic heterocycles. The summed E-state index contributed by atoms with van der Waals surface area (Å²) >= 11 is 0. The zero-order valence-corrected chi connectivity index (χ0v) is 13.2. The van der Waals surface area contributed by atoms with Crippen LogP contribution in [-0.4, -0.2) is 15.3 Å². The summed E-state index contributed by atoms with van der Waals surface area (Å²) in [7, 11) is 0. The van der Waals surface area contributed by atoms with Gasteiger partial charge in [-0.15, -0.1) is 0 Å². The first-order valence-electron chi connectivity index (χ1n) is 8.12. The number of unbranched alkanes of at least 4 members (excludes halogenated alkanes) is 3. The molecule has 0 bridgehead atoms. The minimum atomic E-state index is -1.17. The normalized spacial score (nSPS) is 14.7. The lowest BCUT2D eigenvalue weighted by molar-refractivity contribution is 0.0572. The second-order valence-electron chi connectivity index (χ2n) is 6.13. The van der Waals surface area contributed by atoms with Crippen LogP contribution in [-0.2, 0) is 5.60 Å². The zero-order valence-electron chi connectivity index (χ0n) is 13.2. The van der Waals surface area contributed by atoms with E-state index >= 15 is 0 Å². The van der Waals surface area contributed by atoms with Crippen LogP contribution in [0, 0.1) is 0 Å². The van der Waals surface area contributed by atoms with Crippen molar-refractivity contribution in [1.82, 2.24) is 0 Å². The summed E-state index contributed by atoms with van der Waals surface area (Å²) in [6, 6.07) is 9.54. The molecular weight excluding hydrogens is 292 g/mol. The largest absolute Gasteiger partial charge is 0.508 e. The molecule has 0 aliphatic carbocycles. The molecular formula is C19H22O4. The Labute approximate surface area is 136 Å². The highest BCUT2D eigenvalue weighted by Gasteiger charge is 2.40. The van der Waals surface area contributed by atoms with E-state index in [0.29, 0.717) is 29.0 Å². The Morgan fingerprint density at radius 1 is 0.870 bits per heavy atom. The minimum absolute atomic E-state index is 0.0840. The molecule has 0 amide bonds. The Balaban J connectivity index is 2.03. The Bertz CT molecular complexity index is 657. The lowest BCUT2D eigenvalue weighted by Gasteiger charge is -2.36. The number of fused-ring (bicyclic) bond motifs is 2. The van der Waals surface area contributed by atoms with Crippen LogP contribution < -0.4 is 4.74 Å². The van der Waals surface area contributed by atoms with Gasteiger partial charge in [-0.25, -0.2) is 0 Å². The fourth-order valence-corrected chi connectivity index (χ4v) is 3.21. The van der Waals surface area contributed by atoms with Gasteiger partial charge in [0.1, 0.15) is 28.6 Å². The minimum Gasteiger partial charge on any atom is -0.508 e. The Morgan fingerprint density at radius 2 is 1.43 bits per heavy atom. The van der Waals surface area contributed by atoms with Crippen molar-refractivity contribution >= 4 is 0 Å². The molecule has 0 radical (unpaired) electrons. The molecule has 23 heavy (non-hydrogen) atoms. The van der Waals surface area contributed by atoms with Gasteiger partial charge in [0.15, 0.2) is 0 Å². The highest BCUT2D eigenvalue weighted by molar-refractivity contribution is 5.58. The molecule has 1 aliphatic heterocycles. The number of ether oxygens (including phenoxy) is 1. The van der Waals surface area contributed by atoms with E-state index in [0.717, 1.165) is 25.7 Å². The number of hydrogen-bond acceptors (Lipinski definition) is 4. The van der Waals surface area contributed by atoms with Crippen LogP contribution in [0.5, 0.6) is 23.0 Å². The molecule has 0 unspecified atom stereocenters. The van der Waals surface area contributed by atoms with Crippen molar-refractivity contribution in [2.75, 3.05) is 0 Å². The molecule has 0 saturated heterocycles. The van der Waals surface area contributed by atoms with Crippen molar-refractivity contribution in [2.45, 2.75) is 44.6 Å². The lowest BCUT2D eigenvalue weighted by Crippen LogP contribution is -2.31. The van der Waals surface area contributed by atoms with E-state index in [1.165, 1.54) is 12.1 Å². The smallest absolute Gasteiger partial charge is 0.137 e. The van der Waals surface area contributed by atoms with Gasteiger partial charge >= 0.3 is 0 Å². The van der Waals surface area contributed by atoms with Crippen molar-refractivity contribution in [1.29, 1.82) is 0 Å². The Kier molecular flexibility index (Phi) is 4.18. The molecule has 4 heteroatoms. The molecule has 122 valence electrons. The van der Waals surface area contributed by atoms with Crippen molar-refractivity contribution in [2.24, 2.45) is 0 Å². The molecule has 1 heterocycles. The molecule has 2 aromatic carbocycles. The van der Waals surface area contributed by atoms with E-state index in [9.17, 15) is 15.3 Å². The topological polar surface area (TPSA) is 69.9 Å². The molecule has 1 aliphatic rings. The predicted octanol–water partition coefficient (Wildman–Crippen LogP) is 4.41. The number of phenolic OH excluding ortho intramolecular Hbond substituents is 2. The maximum absolute atomic E-state index is 11.4. The van der Waals surface area contributed by atoms with E-state index in [4.69, 9.17) is 4.74 Å². The number of rotatable bonds is 5. The highest BCUT2D eigenvalue weighted by Crippen LogP contribution is 2.50. The second kappa shape index (κ2) is 6.13. The fourth-order valence-electron chi connectivity index (χ4n) is 3.21. The first kappa shape index (κ1) is 15.7. The van der Waals surface area contributed by atoms with Crippen LogP contribution in [0.3, 0.4) is 0 Å². The SMILES string of the molecule is CCCCCCC1(O)c2ccc(O)cc2Oc2cc(O)ccc21. The van der Waals surface area contributed by atoms with Gasteiger partial charge in [-0.2, -0.15) is 0 Å². The number of phenols is 2. The molecule has 3 rings (SSSR count).